The molecule has 2 aromatic heterocycles. The van der Waals surface area contributed by atoms with Gasteiger partial charge in [0.2, 0.25) is 0 Å². The summed E-state index contributed by atoms with van der Waals surface area (Å²) in [6.07, 6.45) is 3.84. The van der Waals surface area contributed by atoms with Crippen LogP contribution in [0.4, 0.5) is 0 Å². The van der Waals surface area contributed by atoms with Crippen molar-refractivity contribution in [3.05, 3.63) is 202 Å². The summed E-state index contributed by atoms with van der Waals surface area (Å²) >= 11 is 0. The van der Waals surface area contributed by atoms with Crippen molar-refractivity contribution in [2.24, 2.45) is 5.92 Å². The standard InChI is InChI=1S/C54H51N7O4/c1-3-5-27-48-55-46-33-32-39(50-49(53(63)64-4-2)47-26-17-34-60(47)65-50)35-45(46)52(62)59(48)36-37-28-30-38(31-29-37)43-24-15-16-25-44(43)51-56-57-58-61(51)54(40-18-9-6-10-19-40,41-20-11-7-12-21-41)42-22-13-8-14-23-42/h6-16,18-25,28-33,35,47,49-50H,3-5,17,26-27,34,36H2,1-2H3. The largest absolute Gasteiger partial charge is 0.466 e. The van der Waals surface area contributed by atoms with E-state index in [9.17, 15) is 9.59 Å². The summed E-state index contributed by atoms with van der Waals surface area (Å²) in [5.74, 6) is 0.636. The molecular weight excluding hydrogens is 811 g/mol. The normalized spacial score (nSPS) is 17.4. The molecule has 2 aliphatic heterocycles. The summed E-state index contributed by atoms with van der Waals surface area (Å²) in [6.45, 7) is 5.38. The fourth-order valence-corrected chi connectivity index (χ4v) is 9.99. The Morgan fingerprint density at radius 1 is 0.785 bits per heavy atom. The van der Waals surface area contributed by atoms with Crippen molar-refractivity contribution in [3.63, 3.8) is 0 Å². The second-order valence-electron chi connectivity index (χ2n) is 16.9. The Balaban J connectivity index is 1.02. The smallest absolute Gasteiger partial charge is 0.313 e. The molecule has 4 heterocycles. The lowest BCUT2D eigenvalue weighted by atomic mass is 9.77. The van der Waals surface area contributed by atoms with Crippen LogP contribution in [0.15, 0.2) is 163 Å². The number of fused-ring (bicyclic) bond motifs is 2. The first kappa shape index (κ1) is 41.9. The lowest BCUT2D eigenvalue weighted by molar-refractivity contribution is -0.157. The minimum absolute atomic E-state index is 0.0441. The molecule has 0 spiro atoms. The minimum Gasteiger partial charge on any atom is -0.466 e. The van der Waals surface area contributed by atoms with Gasteiger partial charge in [-0.15, -0.1) is 5.10 Å². The van der Waals surface area contributed by atoms with Crippen LogP contribution in [0.3, 0.4) is 0 Å². The summed E-state index contributed by atoms with van der Waals surface area (Å²) in [5.41, 5.74) is 7.25. The number of tetrazole rings is 1. The van der Waals surface area contributed by atoms with Crippen molar-refractivity contribution in [1.29, 1.82) is 0 Å². The maximum Gasteiger partial charge on any atom is 0.313 e. The molecule has 6 aromatic carbocycles. The molecule has 65 heavy (non-hydrogen) atoms. The third-order valence-corrected chi connectivity index (χ3v) is 13.1. The van der Waals surface area contributed by atoms with Crippen LogP contribution in [-0.4, -0.2) is 60.0 Å². The molecular formula is C54H51N7O4. The second kappa shape index (κ2) is 18.2. The number of rotatable bonds is 14. The number of hydroxylamine groups is 2. The van der Waals surface area contributed by atoms with E-state index in [1.165, 1.54) is 0 Å². The van der Waals surface area contributed by atoms with Gasteiger partial charge in [0.25, 0.3) is 5.56 Å². The van der Waals surface area contributed by atoms with Gasteiger partial charge in [-0.1, -0.05) is 159 Å². The van der Waals surface area contributed by atoms with Gasteiger partial charge in [0.15, 0.2) is 5.82 Å². The SMILES string of the molecule is CCCCc1nc2ccc(C3ON4CCCC4C3C(=O)OCC)cc2c(=O)n1Cc1ccc(-c2ccccc2-c2nnnn2C(c2ccccc2)(c2ccccc2)c2ccccc2)cc1. The van der Waals surface area contributed by atoms with Gasteiger partial charge in [-0.05, 0) is 87.7 Å². The van der Waals surface area contributed by atoms with Crippen molar-refractivity contribution in [2.75, 3.05) is 13.2 Å². The predicted molar refractivity (Wildman–Crippen MR) is 251 cm³/mol. The van der Waals surface area contributed by atoms with Crippen molar-refractivity contribution in [1.82, 2.24) is 34.8 Å². The number of hydrogen-bond donors (Lipinski definition) is 0. The van der Waals surface area contributed by atoms with E-state index in [-0.39, 0.29) is 17.6 Å². The van der Waals surface area contributed by atoms with E-state index in [4.69, 9.17) is 24.9 Å². The van der Waals surface area contributed by atoms with Gasteiger partial charge in [-0.3, -0.25) is 19.0 Å². The third-order valence-electron chi connectivity index (χ3n) is 13.1. The van der Waals surface area contributed by atoms with Crippen LogP contribution in [0.1, 0.15) is 79.3 Å². The molecule has 11 nitrogen and oxygen atoms in total. The first-order valence-electron chi connectivity index (χ1n) is 22.8. The van der Waals surface area contributed by atoms with E-state index in [1.54, 1.807) is 0 Å². The highest BCUT2D eigenvalue weighted by atomic mass is 16.7. The number of hydrogen-bond acceptors (Lipinski definition) is 9. The Bertz CT molecular complexity index is 2890. The van der Waals surface area contributed by atoms with Crippen molar-refractivity contribution >= 4 is 16.9 Å². The highest BCUT2D eigenvalue weighted by Crippen LogP contribution is 2.45. The number of esters is 1. The molecule has 2 fully saturated rings. The Morgan fingerprint density at radius 2 is 1.43 bits per heavy atom. The Hall–Kier alpha value is -7.08. The number of aryl methyl sites for hydroxylation is 1. The van der Waals surface area contributed by atoms with E-state index >= 15 is 0 Å². The van der Waals surface area contributed by atoms with Gasteiger partial charge in [0, 0.05) is 18.5 Å². The van der Waals surface area contributed by atoms with Gasteiger partial charge in [-0.2, -0.15) is 5.06 Å². The Morgan fingerprint density at radius 3 is 2.08 bits per heavy atom. The van der Waals surface area contributed by atoms with Crippen molar-refractivity contribution in [2.45, 2.75) is 70.2 Å². The lowest BCUT2D eigenvalue weighted by Crippen LogP contribution is -2.39. The van der Waals surface area contributed by atoms with E-state index in [2.05, 4.69) is 121 Å². The number of benzene rings is 6. The number of carbonyl (C=O) groups is 1. The number of aromatic nitrogens is 6. The maximum atomic E-state index is 14.6. The van der Waals surface area contributed by atoms with Crippen LogP contribution >= 0.6 is 0 Å². The molecule has 0 radical (unpaired) electrons. The van der Waals surface area contributed by atoms with E-state index in [0.717, 1.165) is 82.6 Å². The average Bonchev–Trinajstić information content (AvgIpc) is 4.12. The zero-order chi connectivity index (χ0) is 44.3. The molecule has 2 saturated heterocycles. The predicted octanol–water partition coefficient (Wildman–Crippen LogP) is 9.58. The number of carbonyl (C=O) groups excluding carboxylic acids is 1. The molecule has 10 rings (SSSR count). The zero-order valence-electron chi connectivity index (χ0n) is 36.7. The van der Waals surface area contributed by atoms with Crippen LogP contribution in [0.25, 0.3) is 33.4 Å². The number of ether oxygens (including phenoxy) is 1. The molecule has 2 aliphatic rings. The zero-order valence-corrected chi connectivity index (χ0v) is 36.7. The van der Waals surface area contributed by atoms with Crippen molar-refractivity contribution in [3.8, 4) is 22.5 Å². The second-order valence-corrected chi connectivity index (χ2v) is 16.9. The molecule has 326 valence electrons. The maximum absolute atomic E-state index is 14.6. The van der Waals surface area contributed by atoms with Crippen LogP contribution < -0.4 is 5.56 Å². The highest BCUT2D eigenvalue weighted by Gasteiger charge is 2.51. The molecule has 3 atom stereocenters. The fourth-order valence-electron chi connectivity index (χ4n) is 9.99. The summed E-state index contributed by atoms with van der Waals surface area (Å²) in [4.78, 5) is 39.4. The van der Waals surface area contributed by atoms with E-state index < -0.39 is 17.6 Å². The average molecular weight is 862 g/mol. The van der Waals surface area contributed by atoms with Gasteiger partial charge >= 0.3 is 5.97 Å². The molecule has 11 heteroatoms. The highest BCUT2D eigenvalue weighted by molar-refractivity contribution is 5.82. The summed E-state index contributed by atoms with van der Waals surface area (Å²) in [7, 11) is 0. The minimum atomic E-state index is -0.902. The summed E-state index contributed by atoms with van der Waals surface area (Å²) in [6, 6.07) is 53.4. The van der Waals surface area contributed by atoms with Crippen molar-refractivity contribution < 1.29 is 14.4 Å². The molecule has 0 N–H and O–H groups in total. The molecule has 0 saturated carbocycles. The van der Waals surface area contributed by atoms with Crippen LogP contribution in [0, 0.1) is 5.92 Å². The van der Waals surface area contributed by atoms with E-state index in [1.807, 2.05) is 69.8 Å². The summed E-state index contributed by atoms with van der Waals surface area (Å²) in [5, 5.41) is 16.3. The Labute approximate surface area is 378 Å². The van der Waals surface area contributed by atoms with E-state index in [0.29, 0.717) is 36.3 Å². The topological polar surface area (TPSA) is 117 Å². The van der Waals surface area contributed by atoms with Crippen LogP contribution in [0.5, 0.6) is 0 Å². The van der Waals surface area contributed by atoms with Gasteiger partial charge in [-0.25, -0.2) is 9.67 Å². The molecule has 8 aromatic rings. The van der Waals surface area contributed by atoms with Gasteiger partial charge in [0.05, 0.1) is 30.1 Å². The molecule has 0 aliphatic carbocycles. The quantitative estimate of drug-likeness (QED) is 0.0779. The monoisotopic (exact) mass is 861 g/mol. The Kier molecular flexibility index (Phi) is 11.7. The molecule has 3 unspecified atom stereocenters. The molecule has 0 bridgehead atoms. The number of nitrogens with zero attached hydrogens (tertiary/aromatic N) is 7. The summed E-state index contributed by atoms with van der Waals surface area (Å²) < 4.78 is 9.30. The fraction of sp³-hybridized carbons (Fsp3) is 0.259. The van der Waals surface area contributed by atoms with Crippen LogP contribution in [-0.2, 0) is 32.9 Å². The number of unbranched alkanes of at least 4 members (excludes halogenated alkanes) is 1. The third kappa shape index (κ3) is 7.64. The van der Waals surface area contributed by atoms with Gasteiger partial charge < -0.3 is 4.74 Å². The first-order valence-corrected chi connectivity index (χ1v) is 22.8. The van der Waals surface area contributed by atoms with Crippen LogP contribution in [0.2, 0.25) is 0 Å². The molecule has 0 amide bonds. The first-order chi connectivity index (χ1) is 32.0. The van der Waals surface area contributed by atoms with Gasteiger partial charge in [0.1, 0.15) is 23.4 Å². The lowest BCUT2D eigenvalue weighted by Gasteiger charge is -2.36.